The predicted molar refractivity (Wildman–Crippen MR) is 72.2 cm³/mol. The summed E-state index contributed by atoms with van der Waals surface area (Å²) in [5.74, 6) is 0.921. The lowest BCUT2D eigenvalue weighted by molar-refractivity contribution is 0.698. The van der Waals surface area contributed by atoms with Gasteiger partial charge >= 0.3 is 0 Å². The number of hydrogen-bond acceptors (Lipinski definition) is 3. The molecule has 3 nitrogen and oxygen atoms in total. The van der Waals surface area contributed by atoms with Gasteiger partial charge in [-0.15, -0.1) is 0 Å². The van der Waals surface area contributed by atoms with Crippen LogP contribution >= 0.6 is 0 Å². The highest BCUT2D eigenvalue weighted by Gasteiger charge is 2.25. The van der Waals surface area contributed by atoms with Crippen molar-refractivity contribution in [2.75, 3.05) is 25.0 Å². The average Bonchev–Trinajstić information content (AvgIpc) is 3.14. The first-order valence-electron chi connectivity index (χ1n) is 6.67. The molecular weight excluding hydrogens is 210 g/mol. The Morgan fingerprint density at radius 3 is 2.94 bits per heavy atom. The van der Waals surface area contributed by atoms with Crippen LogP contribution in [0.3, 0.4) is 0 Å². The number of rotatable bonds is 7. The van der Waals surface area contributed by atoms with E-state index in [-0.39, 0.29) is 0 Å². The van der Waals surface area contributed by atoms with Gasteiger partial charge < -0.3 is 10.2 Å². The molecule has 2 rings (SSSR count). The molecule has 0 aliphatic heterocycles. The molecule has 0 unspecified atom stereocenters. The van der Waals surface area contributed by atoms with Crippen LogP contribution in [0, 0.1) is 5.92 Å². The Morgan fingerprint density at radius 2 is 2.29 bits per heavy atom. The average molecular weight is 233 g/mol. The van der Waals surface area contributed by atoms with Crippen LogP contribution in [0.5, 0.6) is 0 Å². The second-order valence-electron chi connectivity index (χ2n) is 4.92. The molecular formula is C14H23N3. The molecule has 0 atom stereocenters. The molecule has 0 aromatic carbocycles. The Hall–Kier alpha value is -1.09. The van der Waals surface area contributed by atoms with Gasteiger partial charge in [0.1, 0.15) is 0 Å². The van der Waals surface area contributed by atoms with Crippen molar-refractivity contribution in [2.24, 2.45) is 5.92 Å². The second kappa shape index (κ2) is 6.01. The third-order valence-corrected chi connectivity index (χ3v) is 3.26. The fraction of sp³-hybridized carbons (Fsp3) is 0.643. The fourth-order valence-electron chi connectivity index (χ4n) is 2.23. The van der Waals surface area contributed by atoms with Crippen LogP contribution in [0.2, 0.25) is 0 Å². The van der Waals surface area contributed by atoms with E-state index in [1.54, 1.807) is 0 Å². The third kappa shape index (κ3) is 3.43. The molecule has 1 aromatic rings. The number of nitrogens with zero attached hydrogens (tertiary/aromatic N) is 2. The van der Waals surface area contributed by atoms with Gasteiger partial charge in [0.15, 0.2) is 0 Å². The monoisotopic (exact) mass is 233 g/mol. The summed E-state index contributed by atoms with van der Waals surface area (Å²) >= 11 is 0. The van der Waals surface area contributed by atoms with Gasteiger partial charge in [0.2, 0.25) is 0 Å². The van der Waals surface area contributed by atoms with E-state index in [2.05, 4.69) is 28.2 Å². The van der Waals surface area contributed by atoms with E-state index in [1.165, 1.54) is 37.1 Å². The smallest absolute Gasteiger partial charge is 0.0598 e. The van der Waals surface area contributed by atoms with E-state index in [0.29, 0.717) is 0 Å². The summed E-state index contributed by atoms with van der Waals surface area (Å²) in [4.78, 5) is 6.80. The molecule has 0 amide bonds. The summed E-state index contributed by atoms with van der Waals surface area (Å²) < 4.78 is 0. The van der Waals surface area contributed by atoms with Crippen molar-refractivity contribution in [1.82, 2.24) is 10.3 Å². The van der Waals surface area contributed by atoms with Gasteiger partial charge in [0.05, 0.1) is 11.9 Å². The van der Waals surface area contributed by atoms with Crippen molar-refractivity contribution in [2.45, 2.75) is 32.7 Å². The van der Waals surface area contributed by atoms with Gasteiger partial charge in [0, 0.05) is 25.8 Å². The van der Waals surface area contributed by atoms with Crippen molar-refractivity contribution in [3.8, 4) is 0 Å². The zero-order valence-electron chi connectivity index (χ0n) is 10.9. The van der Waals surface area contributed by atoms with E-state index in [0.717, 1.165) is 19.0 Å². The number of anilines is 1. The highest BCUT2D eigenvalue weighted by atomic mass is 15.1. The minimum Gasteiger partial charge on any atom is -0.370 e. The van der Waals surface area contributed by atoms with Gasteiger partial charge in [0.25, 0.3) is 0 Å². The Balaban J connectivity index is 2.14. The van der Waals surface area contributed by atoms with E-state index < -0.39 is 0 Å². The van der Waals surface area contributed by atoms with Crippen molar-refractivity contribution >= 4 is 5.69 Å². The zero-order valence-corrected chi connectivity index (χ0v) is 10.9. The first kappa shape index (κ1) is 12.4. The summed E-state index contributed by atoms with van der Waals surface area (Å²) in [7, 11) is 2.00. The van der Waals surface area contributed by atoms with Crippen molar-refractivity contribution < 1.29 is 0 Å². The number of pyridine rings is 1. The molecule has 1 heterocycles. The SMILES string of the molecule is CCCN(CC1CC1)c1cnccc1CNC. The first-order valence-corrected chi connectivity index (χ1v) is 6.67. The number of nitrogens with one attached hydrogen (secondary N) is 1. The summed E-state index contributed by atoms with van der Waals surface area (Å²) in [6.07, 6.45) is 7.91. The molecule has 0 spiro atoms. The first-order chi connectivity index (χ1) is 8.35. The topological polar surface area (TPSA) is 28.2 Å². The van der Waals surface area contributed by atoms with Crippen LogP contribution in [0.1, 0.15) is 31.7 Å². The maximum Gasteiger partial charge on any atom is 0.0598 e. The van der Waals surface area contributed by atoms with E-state index in [1.807, 2.05) is 19.4 Å². The van der Waals surface area contributed by atoms with Gasteiger partial charge in [-0.05, 0) is 43.9 Å². The quantitative estimate of drug-likeness (QED) is 0.784. The van der Waals surface area contributed by atoms with E-state index in [4.69, 9.17) is 0 Å². The predicted octanol–water partition coefficient (Wildman–Crippen LogP) is 2.43. The Kier molecular flexibility index (Phi) is 4.37. The van der Waals surface area contributed by atoms with Crippen LogP contribution in [0.25, 0.3) is 0 Å². The highest BCUT2D eigenvalue weighted by molar-refractivity contribution is 5.51. The van der Waals surface area contributed by atoms with Crippen LogP contribution < -0.4 is 10.2 Å². The maximum atomic E-state index is 4.29. The molecule has 1 saturated carbocycles. The van der Waals surface area contributed by atoms with Crippen molar-refractivity contribution in [1.29, 1.82) is 0 Å². The summed E-state index contributed by atoms with van der Waals surface area (Å²) in [5, 5.41) is 3.24. The molecule has 1 aromatic heterocycles. The van der Waals surface area contributed by atoms with E-state index >= 15 is 0 Å². The molecule has 0 bridgehead atoms. The largest absolute Gasteiger partial charge is 0.370 e. The molecule has 17 heavy (non-hydrogen) atoms. The molecule has 0 saturated heterocycles. The Labute approximate surface area is 104 Å². The lowest BCUT2D eigenvalue weighted by atomic mass is 10.2. The van der Waals surface area contributed by atoms with E-state index in [9.17, 15) is 0 Å². The van der Waals surface area contributed by atoms with Crippen LogP contribution in [-0.4, -0.2) is 25.1 Å². The van der Waals surface area contributed by atoms with Crippen LogP contribution in [-0.2, 0) is 6.54 Å². The molecule has 1 fully saturated rings. The van der Waals surface area contributed by atoms with Gasteiger partial charge in [-0.3, -0.25) is 4.98 Å². The second-order valence-corrected chi connectivity index (χ2v) is 4.92. The molecule has 1 aliphatic rings. The lowest BCUT2D eigenvalue weighted by Gasteiger charge is -2.26. The molecule has 0 radical (unpaired) electrons. The summed E-state index contributed by atoms with van der Waals surface area (Å²) in [5.41, 5.74) is 2.67. The molecule has 1 aliphatic carbocycles. The zero-order chi connectivity index (χ0) is 12.1. The minimum atomic E-state index is 0.919. The number of aromatic nitrogens is 1. The van der Waals surface area contributed by atoms with Crippen molar-refractivity contribution in [3.05, 3.63) is 24.0 Å². The molecule has 1 N–H and O–H groups in total. The normalized spacial score (nSPS) is 14.9. The maximum absolute atomic E-state index is 4.29. The summed E-state index contributed by atoms with van der Waals surface area (Å²) in [6, 6.07) is 2.13. The minimum absolute atomic E-state index is 0.919. The number of hydrogen-bond donors (Lipinski definition) is 1. The van der Waals surface area contributed by atoms with Gasteiger partial charge in [-0.1, -0.05) is 6.92 Å². The standard InChI is InChI=1S/C14H23N3/c1-3-8-17(11-12-4-5-12)14-10-16-7-6-13(14)9-15-2/h6-7,10,12,15H,3-5,8-9,11H2,1-2H3. The van der Waals surface area contributed by atoms with Crippen LogP contribution in [0.15, 0.2) is 18.5 Å². The Morgan fingerprint density at radius 1 is 1.47 bits per heavy atom. The molecule has 3 heteroatoms. The summed E-state index contributed by atoms with van der Waals surface area (Å²) in [6.45, 7) is 5.51. The van der Waals surface area contributed by atoms with Crippen LogP contribution in [0.4, 0.5) is 5.69 Å². The van der Waals surface area contributed by atoms with Crippen molar-refractivity contribution in [3.63, 3.8) is 0 Å². The lowest BCUT2D eigenvalue weighted by Crippen LogP contribution is -2.28. The highest BCUT2D eigenvalue weighted by Crippen LogP contribution is 2.32. The van der Waals surface area contributed by atoms with Gasteiger partial charge in [-0.2, -0.15) is 0 Å². The Bertz CT molecular complexity index is 347. The molecule has 94 valence electrons. The van der Waals surface area contributed by atoms with Gasteiger partial charge in [-0.25, -0.2) is 0 Å². The third-order valence-electron chi connectivity index (χ3n) is 3.26. The fourth-order valence-corrected chi connectivity index (χ4v) is 2.23.